The summed E-state index contributed by atoms with van der Waals surface area (Å²) in [6.07, 6.45) is 5.72. The minimum absolute atomic E-state index is 0.290. The number of aliphatic hydroxyl groups is 1. The lowest BCUT2D eigenvalue weighted by atomic mass is 9.45. The van der Waals surface area contributed by atoms with Crippen molar-refractivity contribution in [2.75, 3.05) is 26.7 Å². The maximum atomic E-state index is 8.87. The highest BCUT2D eigenvalue weighted by molar-refractivity contribution is 5.03. The molecule has 0 spiro atoms. The predicted octanol–water partition coefficient (Wildman–Crippen LogP) is 2.37. The monoisotopic (exact) mass is 225 g/mol. The molecular formula is C14H27NO. The molecule has 0 aliphatic heterocycles. The van der Waals surface area contributed by atoms with Crippen molar-refractivity contribution >= 4 is 0 Å². The molecule has 2 heteroatoms. The lowest BCUT2D eigenvalue weighted by Crippen LogP contribution is -2.52. The molecule has 16 heavy (non-hydrogen) atoms. The van der Waals surface area contributed by atoms with Gasteiger partial charge in [-0.2, -0.15) is 0 Å². The van der Waals surface area contributed by atoms with Crippen molar-refractivity contribution in [3.63, 3.8) is 0 Å². The summed E-state index contributed by atoms with van der Waals surface area (Å²) in [5.74, 6) is 2.94. The zero-order valence-electron chi connectivity index (χ0n) is 11.1. The van der Waals surface area contributed by atoms with Crippen LogP contribution in [0.15, 0.2) is 0 Å². The maximum Gasteiger partial charge on any atom is 0.0558 e. The van der Waals surface area contributed by atoms with Gasteiger partial charge >= 0.3 is 0 Å². The minimum Gasteiger partial charge on any atom is -0.395 e. The van der Waals surface area contributed by atoms with Gasteiger partial charge in [-0.25, -0.2) is 0 Å². The Morgan fingerprint density at radius 1 is 1.25 bits per heavy atom. The van der Waals surface area contributed by atoms with Gasteiger partial charge in [-0.3, -0.25) is 0 Å². The molecule has 3 atom stereocenters. The topological polar surface area (TPSA) is 23.5 Å². The van der Waals surface area contributed by atoms with Crippen LogP contribution in [0.25, 0.3) is 0 Å². The van der Waals surface area contributed by atoms with Gasteiger partial charge in [0.2, 0.25) is 0 Å². The van der Waals surface area contributed by atoms with Crippen LogP contribution in [0.1, 0.15) is 39.5 Å². The lowest BCUT2D eigenvalue weighted by Gasteiger charge is -2.60. The fraction of sp³-hybridized carbons (Fsp3) is 1.00. The Morgan fingerprint density at radius 2 is 2.00 bits per heavy atom. The SMILES string of the molecule is CN(CCO)CC[C@@H]1CC[C@H]2C[C@@H]1C2(C)C. The minimum atomic E-state index is 0.290. The highest BCUT2D eigenvalue weighted by Crippen LogP contribution is 2.61. The molecule has 0 heterocycles. The van der Waals surface area contributed by atoms with Gasteiger partial charge in [0.1, 0.15) is 0 Å². The second kappa shape index (κ2) is 4.66. The molecule has 0 unspecified atom stereocenters. The first-order valence-corrected chi connectivity index (χ1v) is 6.85. The quantitative estimate of drug-likeness (QED) is 0.776. The number of hydrogen-bond acceptors (Lipinski definition) is 2. The van der Waals surface area contributed by atoms with E-state index < -0.39 is 0 Å². The van der Waals surface area contributed by atoms with E-state index in [0.717, 1.165) is 30.8 Å². The summed E-state index contributed by atoms with van der Waals surface area (Å²) in [7, 11) is 2.12. The fourth-order valence-electron chi connectivity index (χ4n) is 3.98. The number of nitrogens with zero attached hydrogens (tertiary/aromatic N) is 1. The van der Waals surface area contributed by atoms with E-state index in [9.17, 15) is 0 Å². The Labute approximate surface area is 100 Å². The standard InChI is InChI=1S/C14H27NO/c1-14(2)12-5-4-11(13(14)10-12)6-7-15(3)8-9-16/h11-13,16H,4-10H2,1-3H3/t11-,12-,13-/m0/s1. The average Bonchev–Trinajstić information content (AvgIpc) is 2.27. The van der Waals surface area contributed by atoms with E-state index in [1.165, 1.54) is 25.7 Å². The van der Waals surface area contributed by atoms with Crippen LogP contribution in [0.3, 0.4) is 0 Å². The van der Waals surface area contributed by atoms with Crippen LogP contribution in [0.4, 0.5) is 0 Å². The van der Waals surface area contributed by atoms with Gasteiger partial charge in [-0.05, 0) is 62.4 Å². The Morgan fingerprint density at radius 3 is 2.56 bits per heavy atom. The van der Waals surface area contributed by atoms with Crippen molar-refractivity contribution in [2.24, 2.45) is 23.2 Å². The number of fused-ring (bicyclic) bond motifs is 2. The largest absolute Gasteiger partial charge is 0.395 e. The molecule has 3 aliphatic carbocycles. The van der Waals surface area contributed by atoms with E-state index in [-0.39, 0.29) is 6.61 Å². The number of rotatable bonds is 5. The zero-order chi connectivity index (χ0) is 11.8. The third-order valence-corrected chi connectivity index (χ3v) is 5.36. The summed E-state index contributed by atoms with van der Waals surface area (Å²) in [6.45, 7) is 7.20. The van der Waals surface area contributed by atoms with Crippen LogP contribution >= 0.6 is 0 Å². The lowest BCUT2D eigenvalue weighted by molar-refractivity contribution is -0.108. The molecule has 1 N–H and O–H groups in total. The Bertz CT molecular complexity index is 237. The Balaban J connectivity index is 1.78. The van der Waals surface area contributed by atoms with Gasteiger partial charge < -0.3 is 10.0 Å². The van der Waals surface area contributed by atoms with E-state index in [2.05, 4.69) is 25.8 Å². The first kappa shape index (κ1) is 12.4. The normalized spacial score (nSPS) is 36.2. The number of aliphatic hydroxyl groups excluding tert-OH is 1. The maximum absolute atomic E-state index is 8.87. The smallest absolute Gasteiger partial charge is 0.0558 e. The van der Waals surface area contributed by atoms with E-state index in [1.807, 2.05) is 0 Å². The first-order valence-electron chi connectivity index (χ1n) is 6.85. The molecule has 0 aromatic rings. The molecule has 3 saturated carbocycles. The Hall–Kier alpha value is -0.0800. The van der Waals surface area contributed by atoms with Crippen molar-refractivity contribution in [3.8, 4) is 0 Å². The van der Waals surface area contributed by atoms with Crippen LogP contribution in [0.5, 0.6) is 0 Å². The van der Waals surface area contributed by atoms with Crippen molar-refractivity contribution in [2.45, 2.75) is 39.5 Å². The van der Waals surface area contributed by atoms with Crippen LogP contribution < -0.4 is 0 Å². The fourth-order valence-corrected chi connectivity index (χ4v) is 3.98. The van der Waals surface area contributed by atoms with E-state index in [4.69, 9.17) is 5.11 Å². The summed E-state index contributed by atoms with van der Waals surface area (Å²) >= 11 is 0. The van der Waals surface area contributed by atoms with Crippen molar-refractivity contribution in [1.82, 2.24) is 4.90 Å². The molecule has 94 valence electrons. The first-order chi connectivity index (χ1) is 7.55. The van der Waals surface area contributed by atoms with Gasteiger partial charge in [0.15, 0.2) is 0 Å². The second-order valence-corrected chi connectivity index (χ2v) is 6.51. The van der Waals surface area contributed by atoms with Crippen LogP contribution in [-0.4, -0.2) is 36.8 Å². The van der Waals surface area contributed by atoms with Crippen LogP contribution in [-0.2, 0) is 0 Å². The van der Waals surface area contributed by atoms with Crippen molar-refractivity contribution < 1.29 is 5.11 Å². The van der Waals surface area contributed by atoms with Gasteiger partial charge in [0.05, 0.1) is 6.61 Å². The van der Waals surface area contributed by atoms with Crippen LogP contribution in [0, 0.1) is 23.2 Å². The summed E-state index contributed by atoms with van der Waals surface area (Å²) in [5.41, 5.74) is 0.623. The molecule has 2 bridgehead atoms. The molecule has 0 radical (unpaired) electrons. The van der Waals surface area contributed by atoms with Gasteiger partial charge in [-0.15, -0.1) is 0 Å². The number of likely N-dealkylation sites (N-methyl/N-ethyl adjacent to an activating group) is 1. The molecule has 3 rings (SSSR count). The van der Waals surface area contributed by atoms with E-state index >= 15 is 0 Å². The molecular weight excluding hydrogens is 198 g/mol. The van der Waals surface area contributed by atoms with Gasteiger partial charge in [-0.1, -0.05) is 13.8 Å². The van der Waals surface area contributed by atoms with E-state index in [1.54, 1.807) is 0 Å². The molecule has 0 amide bonds. The highest BCUT2D eigenvalue weighted by Gasteiger charge is 2.53. The molecule has 0 aromatic carbocycles. The third-order valence-electron chi connectivity index (χ3n) is 5.36. The summed E-state index contributed by atoms with van der Waals surface area (Å²) in [5, 5.41) is 8.87. The molecule has 0 aromatic heterocycles. The molecule has 0 saturated heterocycles. The van der Waals surface area contributed by atoms with Gasteiger partial charge in [0.25, 0.3) is 0 Å². The third kappa shape index (κ3) is 2.14. The average molecular weight is 225 g/mol. The van der Waals surface area contributed by atoms with Crippen molar-refractivity contribution in [3.05, 3.63) is 0 Å². The second-order valence-electron chi connectivity index (χ2n) is 6.51. The number of hydrogen-bond donors (Lipinski definition) is 1. The zero-order valence-corrected chi connectivity index (χ0v) is 11.1. The predicted molar refractivity (Wildman–Crippen MR) is 67.3 cm³/mol. The molecule has 2 nitrogen and oxygen atoms in total. The summed E-state index contributed by atoms with van der Waals surface area (Å²) in [6, 6.07) is 0. The van der Waals surface area contributed by atoms with Crippen molar-refractivity contribution in [1.29, 1.82) is 0 Å². The van der Waals surface area contributed by atoms with Crippen LogP contribution in [0.2, 0.25) is 0 Å². The summed E-state index contributed by atoms with van der Waals surface area (Å²) < 4.78 is 0. The summed E-state index contributed by atoms with van der Waals surface area (Å²) in [4.78, 5) is 2.26. The molecule has 3 aliphatic rings. The Kier molecular flexibility index (Phi) is 3.60. The van der Waals surface area contributed by atoms with Gasteiger partial charge in [0, 0.05) is 6.54 Å². The molecule has 3 fully saturated rings. The highest BCUT2D eigenvalue weighted by atomic mass is 16.3. The van der Waals surface area contributed by atoms with E-state index in [0.29, 0.717) is 5.41 Å².